The van der Waals surface area contributed by atoms with Gasteiger partial charge in [-0.2, -0.15) is 0 Å². The van der Waals surface area contributed by atoms with E-state index in [4.69, 9.17) is 0 Å². The Morgan fingerprint density at radius 2 is 1.88 bits per heavy atom. The van der Waals surface area contributed by atoms with Crippen LogP contribution in [0.5, 0.6) is 0 Å². The van der Waals surface area contributed by atoms with E-state index < -0.39 is 0 Å². The molecule has 1 atom stereocenters. The molecular weight excluding hydrogens is 292 g/mol. The summed E-state index contributed by atoms with van der Waals surface area (Å²) < 4.78 is 2.52. The minimum absolute atomic E-state index is 0.562. The lowest BCUT2D eigenvalue weighted by Gasteiger charge is -2.35. The number of fused-ring (bicyclic) bond motifs is 3. The summed E-state index contributed by atoms with van der Waals surface area (Å²) in [4.78, 5) is 2.57. The van der Waals surface area contributed by atoms with Crippen molar-refractivity contribution in [2.75, 3.05) is 6.54 Å². The molecular formula is C22H24N2. The summed E-state index contributed by atoms with van der Waals surface area (Å²) in [5.74, 6) is 0. The van der Waals surface area contributed by atoms with E-state index in [-0.39, 0.29) is 0 Å². The van der Waals surface area contributed by atoms with Gasteiger partial charge in [0.2, 0.25) is 0 Å². The highest BCUT2D eigenvalue weighted by molar-refractivity contribution is 5.81. The van der Waals surface area contributed by atoms with Gasteiger partial charge in [-0.05, 0) is 35.9 Å². The van der Waals surface area contributed by atoms with Crippen molar-refractivity contribution in [1.82, 2.24) is 9.47 Å². The van der Waals surface area contributed by atoms with Gasteiger partial charge in [-0.3, -0.25) is 4.90 Å². The fourth-order valence-electron chi connectivity index (χ4n) is 3.93. The van der Waals surface area contributed by atoms with Crippen LogP contribution in [0.4, 0.5) is 0 Å². The summed E-state index contributed by atoms with van der Waals surface area (Å²) in [7, 11) is 0. The molecule has 0 saturated carbocycles. The van der Waals surface area contributed by atoms with Crippen molar-refractivity contribution in [2.45, 2.75) is 32.0 Å². The number of aryl methyl sites for hydroxylation is 1. The highest BCUT2D eigenvalue weighted by Crippen LogP contribution is 2.28. The Morgan fingerprint density at radius 3 is 2.71 bits per heavy atom. The van der Waals surface area contributed by atoms with Crippen molar-refractivity contribution in [2.24, 2.45) is 0 Å². The van der Waals surface area contributed by atoms with Gasteiger partial charge in [0.1, 0.15) is 0 Å². The van der Waals surface area contributed by atoms with Crippen LogP contribution in [0.25, 0.3) is 10.9 Å². The minimum Gasteiger partial charge on any atom is -0.343 e. The maximum absolute atomic E-state index is 3.97. The molecule has 0 saturated heterocycles. The van der Waals surface area contributed by atoms with E-state index in [2.05, 4.69) is 76.7 Å². The molecule has 0 amide bonds. The zero-order valence-electron chi connectivity index (χ0n) is 14.1. The molecule has 0 fully saturated rings. The maximum Gasteiger partial charge on any atom is 0.0483 e. The van der Waals surface area contributed by atoms with E-state index >= 15 is 0 Å². The van der Waals surface area contributed by atoms with Crippen molar-refractivity contribution in [3.8, 4) is 0 Å². The predicted molar refractivity (Wildman–Crippen MR) is 101 cm³/mol. The Labute approximate surface area is 144 Å². The van der Waals surface area contributed by atoms with Gasteiger partial charge in [-0.1, -0.05) is 54.6 Å². The summed E-state index contributed by atoms with van der Waals surface area (Å²) in [6.45, 7) is 6.98. The normalized spacial score (nSPS) is 17.1. The van der Waals surface area contributed by atoms with E-state index in [0.29, 0.717) is 6.04 Å². The van der Waals surface area contributed by atoms with Crippen LogP contribution < -0.4 is 0 Å². The number of rotatable bonds is 5. The largest absolute Gasteiger partial charge is 0.343 e. The molecule has 0 spiro atoms. The molecule has 0 radical (unpaired) electrons. The second-order valence-electron chi connectivity index (χ2n) is 6.70. The quantitative estimate of drug-likeness (QED) is 0.622. The second kappa shape index (κ2) is 6.66. The Morgan fingerprint density at radius 1 is 1.08 bits per heavy atom. The third-order valence-electron chi connectivity index (χ3n) is 5.13. The Bertz CT molecular complexity index is 832. The first-order chi connectivity index (χ1) is 11.8. The van der Waals surface area contributed by atoms with Gasteiger partial charge >= 0.3 is 0 Å². The van der Waals surface area contributed by atoms with Gasteiger partial charge in [0.15, 0.2) is 0 Å². The molecule has 2 heterocycles. The number of aromatic nitrogens is 1. The third kappa shape index (κ3) is 2.90. The van der Waals surface area contributed by atoms with Crippen LogP contribution in [0, 0.1) is 0 Å². The number of para-hydroxylation sites is 1. The number of hydrogen-bond acceptors (Lipinski definition) is 1. The average molecular weight is 316 g/mol. The Balaban J connectivity index is 1.60. The summed E-state index contributed by atoms with van der Waals surface area (Å²) in [5, 5.41) is 1.37. The van der Waals surface area contributed by atoms with E-state index in [1.54, 1.807) is 0 Å². The van der Waals surface area contributed by atoms with Crippen LogP contribution in [-0.2, 0) is 19.5 Å². The zero-order valence-corrected chi connectivity index (χ0v) is 14.1. The van der Waals surface area contributed by atoms with Crippen molar-refractivity contribution >= 4 is 10.9 Å². The molecule has 0 aliphatic carbocycles. The molecule has 24 heavy (non-hydrogen) atoms. The van der Waals surface area contributed by atoms with Crippen LogP contribution in [-0.4, -0.2) is 22.1 Å². The first-order valence-electron chi connectivity index (χ1n) is 8.81. The molecule has 1 unspecified atom stereocenters. The molecule has 2 heteroatoms. The summed E-state index contributed by atoms with van der Waals surface area (Å²) in [5.41, 5.74) is 4.23. The van der Waals surface area contributed by atoms with Crippen molar-refractivity contribution in [1.29, 1.82) is 0 Å². The lowest BCUT2D eigenvalue weighted by Crippen LogP contribution is -2.41. The molecule has 122 valence electrons. The SMILES string of the molecule is C=CCN(Cc1ccccc1)C1CCc2cc3ccccc3n2C1. The number of hydrogen-bond donors (Lipinski definition) is 0. The summed E-state index contributed by atoms with van der Waals surface area (Å²) in [6.07, 6.45) is 4.41. The van der Waals surface area contributed by atoms with Crippen molar-refractivity contribution < 1.29 is 0 Å². The van der Waals surface area contributed by atoms with Crippen molar-refractivity contribution in [3.63, 3.8) is 0 Å². The van der Waals surface area contributed by atoms with Gasteiger partial charge < -0.3 is 4.57 Å². The smallest absolute Gasteiger partial charge is 0.0483 e. The average Bonchev–Trinajstić information content (AvgIpc) is 3.00. The Hall–Kier alpha value is -2.32. The van der Waals surface area contributed by atoms with Gasteiger partial charge in [-0.15, -0.1) is 6.58 Å². The van der Waals surface area contributed by atoms with Crippen LogP contribution in [0.1, 0.15) is 17.7 Å². The summed E-state index contributed by atoms with van der Waals surface area (Å²) >= 11 is 0. The molecule has 2 aromatic carbocycles. The van der Waals surface area contributed by atoms with E-state index in [0.717, 1.165) is 26.1 Å². The monoisotopic (exact) mass is 316 g/mol. The van der Waals surface area contributed by atoms with Crippen LogP contribution >= 0.6 is 0 Å². The first-order valence-corrected chi connectivity index (χ1v) is 8.81. The third-order valence-corrected chi connectivity index (χ3v) is 5.13. The van der Waals surface area contributed by atoms with Crippen LogP contribution in [0.2, 0.25) is 0 Å². The highest BCUT2D eigenvalue weighted by Gasteiger charge is 2.25. The second-order valence-corrected chi connectivity index (χ2v) is 6.70. The standard InChI is InChI=1S/C22H24N2/c1-2-14-23(16-18-8-4-3-5-9-18)21-13-12-20-15-19-10-6-7-11-22(19)24(20)17-21/h2-11,15,21H,1,12-14,16-17H2. The topological polar surface area (TPSA) is 8.17 Å². The lowest BCUT2D eigenvalue weighted by molar-refractivity contribution is 0.168. The van der Waals surface area contributed by atoms with Crippen LogP contribution in [0.3, 0.4) is 0 Å². The minimum atomic E-state index is 0.562. The summed E-state index contributed by atoms with van der Waals surface area (Å²) in [6, 6.07) is 22.4. The van der Waals surface area contributed by atoms with Gasteiger partial charge in [0.25, 0.3) is 0 Å². The lowest BCUT2D eigenvalue weighted by atomic mass is 10.0. The molecule has 0 bridgehead atoms. The zero-order chi connectivity index (χ0) is 16.4. The molecule has 2 nitrogen and oxygen atoms in total. The number of benzene rings is 2. The van der Waals surface area contributed by atoms with Crippen LogP contribution in [0.15, 0.2) is 73.3 Å². The van der Waals surface area contributed by atoms with Gasteiger partial charge in [-0.25, -0.2) is 0 Å². The molecule has 0 N–H and O–H groups in total. The predicted octanol–water partition coefficient (Wildman–Crippen LogP) is 4.64. The van der Waals surface area contributed by atoms with E-state index in [1.807, 2.05) is 6.08 Å². The molecule has 1 aromatic heterocycles. The van der Waals surface area contributed by atoms with Crippen molar-refractivity contribution in [3.05, 3.63) is 84.6 Å². The van der Waals surface area contributed by atoms with E-state index in [9.17, 15) is 0 Å². The molecule has 1 aliphatic rings. The fraction of sp³-hybridized carbons (Fsp3) is 0.273. The number of nitrogens with zero attached hydrogens (tertiary/aromatic N) is 2. The first kappa shape index (κ1) is 15.2. The van der Waals surface area contributed by atoms with Gasteiger partial charge in [0, 0.05) is 36.9 Å². The molecule has 3 aromatic rings. The molecule has 4 rings (SSSR count). The molecule has 1 aliphatic heterocycles. The maximum atomic E-state index is 3.97. The fourth-order valence-corrected chi connectivity index (χ4v) is 3.93. The Kier molecular flexibility index (Phi) is 4.22. The highest BCUT2D eigenvalue weighted by atomic mass is 15.2. The van der Waals surface area contributed by atoms with Gasteiger partial charge in [0.05, 0.1) is 0 Å². The van der Waals surface area contributed by atoms with E-state index in [1.165, 1.54) is 28.6 Å².